The smallest absolute Gasteiger partial charge is 0.234 e. The zero-order valence-corrected chi connectivity index (χ0v) is 22.2. The molecule has 8 nitrogen and oxygen atoms in total. The van der Waals surface area contributed by atoms with Crippen LogP contribution in [-0.2, 0) is 22.4 Å². The van der Waals surface area contributed by atoms with Gasteiger partial charge in [0.25, 0.3) is 0 Å². The zero-order valence-electron chi connectivity index (χ0n) is 21.5. The molecule has 0 saturated heterocycles. The van der Waals surface area contributed by atoms with Crippen molar-refractivity contribution in [1.29, 1.82) is 0 Å². The van der Waals surface area contributed by atoms with Crippen LogP contribution in [0.25, 0.3) is 10.9 Å². The van der Waals surface area contributed by atoms with Gasteiger partial charge in [0.15, 0.2) is 11.5 Å². The molecule has 1 aliphatic heterocycles. The minimum absolute atomic E-state index is 0.0469. The number of aromatic nitrogens is 2. The van der Waals surface area contributed by atoms with Crippen molar-refractivity contribution in [2.45, 2.75) is 19.8 Å². The van der Waals surface area contributed by atoms with Gasteiger partial charge >= 0.3 is 0 Å². The van der Waals surface area contributed by atoms with Crippen LogP contribution < -0.4 is 18.9 Å². The summed E-state index contributed by atoms with van der Waals surface area (Å²) in [6.45, 7) is 3.27. The highest BCUT2D eigenvalue weighted by Gasteiger charge is 2.25. The molecule has 10 heteroatoms. The standard InChI is InChI=1S/C29H26ClFN2O6/c1-17-11-18(3-6-22(17)30)12-20(34)13-19-4-5-21(14-23(19)31)39-29-26-24(32-16-33-29)15-25(36-8-7-35-2)27-28(26)38-10-9-37-27/h3-6,11,14-16H,7-10,12-13H2,1-2H3. The summed E-state index contributed by atoms with van der Waals surface area (Å²) in [5.41, 5.74) is 2.51. The van der Waals surface area contributed by atoms with Crippen LogP contribution in [0.1, 0.15) is 16.7 Å². The van der Waals surface area contributed by atoms with E-state index in [1.54, 1.807) is 31.4 Å². The maximum Gasteiger partial charge on any atom is 0.234 e. The van der Waals surface area contributed by atoms with Crippen molar-refractivity contribution in [3.8, 4) is 28.9 Å². The van der Waals surface area contributed by atoms with Crippen molar-refractivity contribution in [1.82, 2.24) is 9.97 Å². The molecule has 0 saturated carbocycles. The fraction of sp³-hybridized carbons (Fsp3) is 0.276. The van der Waals surface area contributed by atoms with Crippen LogP contribution in [0, 0.1) is 12.7 Å². The van der Waals surface area contributed by atoms with Crippen LogP contribution in [0.5, 0.6) is 28.9 Å². The number of hydrogen-bond acceptors (Lipinski definition) is 8. The van der Waals surface area contributed by atoms with Crippen LogP contribution in [0.3, 0.4) is 0 Å². The normalized spacial score (nSPS) is 12.4. The van der Waals surface area contributed by atoms with Gasteiger partial charge in [-0.2, -0.15) is 0 Å². The van der Waals surface area contributed by atoms with Crippen LogP contribution in [0.2, 0.25) is 5.02 Å². The molecule has 0 unspecified atom stereocenters. The van der Waals surface area contributed by atoms with Gasteiger partial charge in [-0.3, -0.25) is 4.79 Å². The maximum absolute atomic E-state index is 15.0. The van der Waals surface area contributed by atoms with Gasteiger partial charge in [0.05, 0.1) is 12.1 Å². The molecule has 0 bridgehead atoms. The molecular weight excluding hydrogens is 527 g/mol. The summed E-state index contributed by atoms with van der Waals surface area (Å²) < 4.78 is 43.6. The van der Waals surface area contributed by atoms with Gasteiger partial charge in [0.1, 0.15) is 48.9 Å². The number of methoxy groups -OCH3 is 1. The maximum atomic E-state index is 15.0. The SMILES string of the molecule is COCCOc1cc2ncnc(Oc3ccc(CC(=O)Cc4ccc(Cl)c(C)c4)c(F)c3)c2c2c1OCCO2. The van der Waals surface area contributed by atoms with Gasteiger partial charge in [0.2, 0.25) is 11.6 Å². The summed E-state index contributed by atoms with van der Waals surface area (Å²) in [5, 5.41) is 1.11. The number of carbonyl (C=O) groups excluding carboxylic acids is 1. The Morgan fingerprint density at radius 1 is 1.03 bits per heavy atom. The van der Waals surface area contributed by atoms with Crippen molar-refractivity contribution < 1.29 is 32.9 Å². The number of ether oxygens (including phenoxy) is 5. The molecule has 39 heavy (non-hydrogen) atoms. The average molecular weight is 553 g/mol. The molecule has 0 amide bonds. The molecule has 0 spiro atoms. The molecule has 0 aliphatic carbocycles. The van der Waals surface area contributed by atoms with Crippen molar-refractivity contribution in [3.05, 3.63) is 76.3 Å². The van der Waals surface area contributed by atoms with Crippen molar-refractivity contribution in [3.63, 3.8) is 0 Å². The monoisotopic (exact) mass is 552 g/mol. The number of ketones is 1. The Morgan fingerprint density at radius 3 is 2.62 bits per heavy atom. The fourth-order valence-corrected chi connectivity index (χ4v) is 4.39. The summed E-state index contributed by atoms with van der Waals surface area (Å²) in [7, 11) is 1.59. The van der Waals surface area contributed by atoms with Crippen LogP contribution >= 0.6 is 11.6 Å². The van der Waals surface area contributed by atoms with E-state index in [1.165, 1.54) is 18.5 Å². The van der Waals surface area contributed by atoms with Gasteiger partial charge < -0.3 is 23.7 Å². The predicted molar refractivity (Wildman–Crippen MR) is 143 cm³/mol. The highest BCUT2D eigenvalue weighted by Crippen LogP contribution is 2.47. The first kappa shape index (κ1) is 26.6. The number of halogens is 2. The third-order valence-electron chi connectivity index (χ3n) is 6.14. The van der Waals surface area contributed by atoms with Crippen LogP contribution in [0.4, 0.5) is 4.39 Å². The lowest BCUT2D eigenvalue weighted by Gasteiger charge is -2.23. The first-order chi connectivity index (χ1) is 18.9. The van der Waals surface area contributed by atoms with E-state index in [1.807, 2.05) is 13.0 Å². The van der Waals surface area contributed by atoms with Gasteiger partial charge in [-0.15, -0.1) is 0 Å². The van der Waals surface area contributed by atoms with E-state index in [9.17, 15) is 4.79 Å². The minimum Gasteiger partial charge on any atom is -0.487 e. The first-order valence-electron chi connectivity index (χ1n) is 12.3. The first-order valence-corrected chi connectivity index (χ1v) is 12.7. The van der Waals surface area contributed by atoms with Crippen molar-refractivity contribution in [2.75, 3.05) is 33.5 Å². The van der Waals surface area contributed by atoms with Gasteiger partial charge in [0, 0.05) is 37.1 Å². The number of aryl methyl sites for hydroxylation is 1. The number of carbonyl (C=O) groups is 1. The number of rotatable bonds is 10. The average Bonchev–Trinajstić information content (AvgIpc) is 2.92. The van der Waals surface area contributed by atoms with E-state index in [4.69, 9.17) is 35.3 Å². The largest absolute Gasteiger partial charge is 0.487 e. The number of fused-ring (bicyclic) bond motifs is 3. The van der Waals surface area contributed by atoms with E-state index in [2.05, 4.69) is 9.97 Å². The van der Waals surface area contributed by atoms with Crippen LogP contribution in [0.15, 0.2) is 48.8 Å². The zero-order chi connectivity index (χ0) is 27.4. The van der Waals surface area contributed by atoms with E-state index in [0.29, 0.717) is 59.6 Å². The van der Waals surface area contributed by atoms with Crippen LogP contribution in [-0.4, -0.2) is 49.3 Å². The molecule has 0 N–H and O–H groups in total. The van der Waals surface area contributed by atoms with E-state index in [-0.39, 0.29) is 35.8 Å². The second-order valence-corrected chi connectivity index (χ2v) is 9.38. The predicted octanol–water partition coefficient (Wildman–Crippen LogP) is 5.67. The Balaban J connectivity index is 1.36. The molecule has 0 atom stereocenters. The number of Topliss-reactive ketones (excluding diaryl/α,β-unsaturated/α-hetero) is 1. The second kappa shape index (κ2) is 11.8. The summed E-state index contributed by atoms with van der Waals surface area (Å²) in [5.74, 6) is 0.991. The molecule has 1 aromatic heterocycles. The van der Waals surface area contributed by atoms with Crippen molar-refractivity contribution >= 4 is 28.3 Å². The number of benzene rings is 3. The fourth-order valence-electron chi connectivity index (χ4n) is 4.27. The molecule has 202 valence electrons. The summed E-state index contributed by atoms with van der Waals surface area (Å²) in [6.07, 6.45) is 1.48. The molecule has 0 radical (unpaired) electrons. The number of nitrogens with zero attached hydrogens (tertiary/aromatic N) is 2. The summed E-state index contributed by atoms with van der Waals surface area (Å²) in [4.78, 5) is 21.2. The Hall–Kier alpha value is -3.95. The highest BCUT2D eigenvalue weighted by atomic mass is 35.5. The van der Waals surface area contributed by atoms with Crippen molar-refractivity contribution in [2.24, 2.45) is 0 Å². The van der Waals surface area contributed by atoms with E-state index < -0.39 is 5.82 Å². The molecule has 3 aromatic carbocycles. The quantitative estimate of drug-likeness (QED) is 0.232. The van der Waals surface area contributed by atoms with E-state index >= 15 is 4.39 Å². The van der Waals surface area contributed by atoms with Gasteiger partial charge in [-0.05, 0) is 35.7 Å². The van der Waals surface area contributed by atoms with E-state index in [0.717, 1.165) is 11.1 Å². The molecule has 5 rings (SSSR count). The Labute approximate surface area is 229 Å². The second-order valence-electron chi connectivity index (χ2n) is 8.98. The topological polar surface area (TPSA) is 89.0 Å². The Bertz CT molecular complexity index is 1530. The summed E-state index contributed by atoms with van der Waals surface area (Å²) >= 11 is 6.06. The van der Waals surface area contributed by atoms with Gasteiger partial charge in [-0.1, -0.05) is 29.8 Å². The lowest BCUT2D eigenvalue weighted by Crippen LogP contribution is -2.17. The highest BCUT2D eigenvalue weighted by molar-refractivity contribution is 6.31. The third-order valence-corrected chi connectivity index (χ3v) is 6.56. The molecular formula is C29H26ClFN2O6. The molecule has 1 aliphatic rings. The Morgan fingerprint density at radius 2 is 1.85 bits per heavy atom. The molecule has 4 aromatic rings. The third kappa shape index (κ3) is 6.05. The lowest BCUT2D eigenvalue weighted by molar-refractivity contribution is -0.117. The molecule has 2 heterocycles. The minimum atomic E-state index is -0.554. The molecule has 0 fully saturated rings. The Kier molecular flexibility index (Phi) is 8.09. The number of hydrogen-bond donors (Lipinski definition) is 0. The van der Waals surface area contributed by atoms with Gasteiger partial charge in [-0.25, -0.2) is 14.4 Å². The lowest BCUT2D eigenvalue weighted by atomic mass is 10.0. The summed E-state index contributed by atoms with van der Waals surface area (Å²) in [6, 6.07) is 11.5.